The molecule has 1 saturated heterocycles. The van der Waals surface area contributed by atoms with Crippen LogP contribution < -0.4 is 5.48 Å². The van der Waals surface area contributed by atoms with Crippen LogP contribution in [0, 0.1) is 23.1 Å². The molecule has 3 aliphatic heterocycles. The number of allylic oxidation sites excluding steroid dienone is 2. The first kappa shape index (κ1) is 38.2. The number of hydroxylamine groups is 1. The molecule has 12 heteroatoms. The Labute approximate surface area is 310 Å². The number of hydrogen-bond donors (Lipinski definition) is 1. The molecular weight excluding hydrogens is 681 g/mol. The summed E-state index contributed by atoms with van der Waals surface area (Å²) in [5.41, 5.74) is 2.79. The van der Waals surface area contributed by atoms with Gasteiger partial charge in [-0.25, -0.2) is 14.7 Å². The van der Waals surface area contributed by atoms with Crippen molar-refractivity contribution in [1.82, 2.24) is 15.3 Å². The second kappa shape index (κ2) is 16.2. The van der Waals surface area contributed by atoms with Crippen LogP contribution in [0.3, 0.4) is 0 Å². The van der Waals surface area contributed by atoms with E-state index < -0.39 is 52.9 Å². The lowest BCUT2D eigenvalue weighted by Crippen LogP contribution is -2.46. The minimum atomic E-state index is -1.06. The standard InChI is InChI=1S/C41H50FN3O8/c1-40(2,3)53-36(47)19-28-15-10-5-4-6-11-17-30-21-41(30,38(49)43-51-26-27-13-8-7-9-14-27)22-35(46)34-20-31(24-45(34)37(28)48)52-39(50)44-23-29-16-12-18-33(42)32(29)25-44/h7-9,11-14,16-18,28,30-31,34H,4-6,10,15,19-26H2,1-3H3,(H,43,49)/b17-11-/t28?,30?,31?,34-,41?/m0/s1. The summed E-state index contributed by atoms with van der Waals surface area (Å²) in [4.78, 5) is 77.4. The van der Waals surface area contributed by atoms with Crippen LogP contribution in [0.1, 0.15) is 95.2 Å². The van der Waals surface area contributed by atoms with Crippen LogP contribution in [-0.4, -0.2) is 63.8 Å². The van der Waals surface area contributed by atoms with E-state index in [4.69, 9.17) is 14.3 Å². The van der Waals surface area contributed by atoms with Crippen LogP contribution in [0.15, 0.2) is 60.7 Å². The predicted molar refractivity (Wildman–Crippen MR) is 192 cm³/mol. The van der Waals surface area contributed by atoms with Crippen molar-refractivity contribution in [3.05, 3.63) is 83.2 Å². The molecule has 3 amide bonds. The zero-order valence-corrected chi connectivity index (χ0v) is 30.8. The number of nitrogens with one attached hydrogen (secondary N) is 1. The van der Waals surface area contributed by atoms with Crippen molar-refractivity contribution in [3.8, 4) is 0 Å². The second-order valence-corrected chi connectivity index (χ2v) is 15.9. The van der Waals surface area contributed by atoms with Gasteiger partial charge >= 0.3 is 12.1 Å². The highest BCUT2D eigenvalue weighted by Gasteiger charge is 2.61. The number of hydrogen-bond acceptors (Lipinski definition) is 8. The normalized spacial score (nSPS) is 26.7. The Morgan fingerprint density at radius 1 is 1.00 bits per heavy atom. The Bertz CT molecular complexity index is 1730. The summed E-state index contributed by atoms with van der Waals surface area (Å²) in [7, 11) is 0. The van der Waals surface area contributed by atoms with Crippen molar-refractivity contribution in [3.63, 3.8) is 0 Å². The monoisotopic (exact) mass is 731 g/mol. The van der Waals surface area contributed by atoms with Gasteiger partial charge in [0.2, 0.25) is 5.91 Å². The van der Waals surface area contributed by atoms with E-state index in [0.29, 0.717) is 30.4 Å². The highest BCUT2D eigenvalue weighted by molar-refractivity contribution is 5.97. The number of carbonyl (C=O) groups excluding carboxylic acids is 5. The molecule has 4 aliphatic rings. The Kier molecular flexibility index (Phi) is 11.7. The number of ether oxygens (including phenoxy) is 2. The van der Waals surface area contributed by atoms with E-state index in [-0.39, 0.29) is 63.1 Å². The Morgan fingerprint density at radius 2 is 1.79 bits per heavy atom. The Morgan fingerprint density at radius 3 is 2.55 bits per heavy atom. The maximum atomic E-state index is 14.4. The number of amides is 3. The van der Waals surface area contributed by atoms with Crippen LogP contribution in [0.4, 0.5) is 9.18 Å². The quantitative estimate of drug-likeness (QED) is 0.199. The number of carbonyl (C=O) groups is 5. The smallest absolute Gasteiger partial charge is 0.410 e. The van der Waals surface area contributed by atoms with Gasteiger partial charge < -0.3 is 14.4 Å². The molecule has 11 nitrogen and oxygen atoms in total. The summed E-state index contributed by atoms with van der Waals surface area (Å²) in [5.74, 6) is -2.94. The molecule has 2 aromatic carbocycles. The van der Waals surface area contributed by atoms with E-state index in [1.165, 1.54) is 15.9 Å². The van der Waals surface area contributed by atoms with Gasteiger partial charge in [-0.1, -0.05) is 67.5 Å². The summed E-state index contributed by atoms with van der Waals surface area (Å²) in [6.07, 6.45) is 6.35. The lowest BCUT2D eigenvalue weighted by Gasteiger charge is -2.29. The van der Waals surface area contributed by atoms with Crippen molar-refractivity contribution in [1.29, 1.82) is 0 Å². The molecule has 0 spiro atoms. The first-order chi connectivity index (χ1) is 25.3. The minimum Gasteiger partial charge on any atom is -0.460 e. The van der Waals surface area contributed by atoms with E-state index in [9.17, 15) is 28.4 Å². The van der Waals surface area contributed by atoms with Crippen LogP contribution in [0.5, 0.6) is 0 Å². The van der Waals surface area contributed by atoms with Gasteiger partial charge in [-0.2, -0.15) is 0 Å². The molecular formula is C41H50FN3O8. The minimum absolute atomic E-state index is 0.0351. The molecule has 5 atom stereocenters. The fourth-order valence-electron chi connectivity index (χ4n) is 7.80. The van der Waals surface area contributed by atoms with E-state index in [1.807, 2.05) is 36.4 Å². The molecule has 284 valence electrons. The Hall–Kier alpha value is -4.58. The molecule has 1 aliphatic carbocycles. The molecule has 1 N–H and O–H groups in total. The third kappa shape index (κ3) is 9.33. The third-order valence-electron chi connectivity index (χ3n) is 10.7. The molecule has 3 heterocycles. The van der Waals surface area contributed by atoms with Crippen molar-refractivity contribution < 1.29 is 42.7 Å². The number of benzene rings is 2. The molecule has 6 rings (SSSR count). The maximum absolute atomic E-state index is 14.4. The number of ketones is 1. The fourth-order valence-corrected chi connectivity index (χ4v) is 7.80. The fraction of sp³-hybridized carbons (Fsp3) is 0.537. The zero-order chi connectivity index (χ0) is 37.8. The van der Waals surface area contributed by atoms with Crippen LogP contribution >= 0.6 is 0 Å². The predicted octanol–water partition coefficient (Wildman–Crippen LogP) is 6.33. The average Bonchev–Trinajstić information content (AvgIpc) is 3.40. The maximum Gasteiger partial charge on any atom is 0.410 e. The lowest BCUT2D eigenvalue weighted by molar-refractivity contribution is -0.159. The zero-order valence-electron chi connectivity index (χ0n) is 30.8. The second-order valence-electron chi connectivity index (χ2n) is 15.9. The topological polar surface area (TPSA) is 132 Å². The van der Waals surface area contributed by atoms with Crippen molar-refractivity contribution in [2.24, 2.45) is 17.3 Å². The van der Waals surface area contributed by atoms with Gasteiger partial charge in [0.15, 0.2) is 5.78 Å². The summed E-state index contributed by atoms with van der Waals surface area (Å²) in [5, 5.41) is 0. The van der Waals surface area contributed by atoms with Gasteiger partial charge in [0.25, 0.3) is 5.91 Å². The highest BCUT2D eigenvalue weighted by atomic mass is 19.1. The van der Waals surface area contributed by atoms with Gasteiger partial charge in [0.1, 0.15) is 17.5 Å². The highest BCUT2D eigenvalue weighted by Crippen LogP contribution is 2.57. The SMILES string of the molecule is CC(C)(C)OC(=O)CC1CCCCC/C=C\C2CC2(C(=O)NOCc2ccccc2)CC(=O)[C@@H]2CC(OC(=O)N3Cc4cccc(F)c4C3)CN2C1=O. The summed E-state index contributed by atoms with van der Waals surface area (Å²) >= 11 is 0. The number of nitrogens with zero attached hydrogens (tertiary/aromatic N) is 2. The van der Waals surface area contributed by atoms with E-state index in [1.54, 1.807) is 32.9 Å². The number of halogens is 1. The molecule has 0 radical (unpaired) electrons. The van der Waals surface area contributed by atoms with Gasteiger partial charge in [-0.3, -0.25) is 28.9 Å². The van der Waals surface area contributed by atoms with Crippen molar-refractivity contribution >= 4 is 29.7 Å². The largest absolute Gasteiger partial charge is 0.460 e. The van der Waals surface area contributed by atoms with Gasteiger partial charge in [-0.05, 0) is 69.6 Å². The number of esters is 1. The van der Waals surface area contributed by atoms with Gasteiger partial charge in [0.05, 0.1) is 37.6 Å². The molecule has 2 fully saturated rings. The summed E-state index contributed by atoms with van der Waals surface area (Å²) < 4.78 is 25.9. The average molecular weight is 732 g/mol. The molecule has 0 aromatic heterocycles. The molecule has 1 saturated carbocycles. The van der Waals surface area contributed by atoms with Crippen LogP contribution in [0.2, 0.25) is 0 Å². The summed E-state index contributed by atoms with van der Waals surface area (Å²) in [6, 6.07) is 13.1. The molecule has 53 heavy (non-hydrogen) atoms. The number of Topliss-reactive ketones (excluding diaryl/α,β-unsaturated/α-hetero) is 1. The van der Waals surface area contributed by atoms with Crippen molar-refractivity contribution in [2.75, 3.05) is 6.54 Å². The number of fused-ring (bicyclic) bond motifs is 3. The van der Waals surface area contributed by atoms with Gasteiger partial charge in [0, 0.05) is 30.9 Å². The molecule has 0 bridgehead atoms. The van der Waals surface area contributed by atoms with Crippen LogP contribution in [0.25, 0.3) is 0 Å². The van der Waals surface area contributed by atoms with E-state index in [0.717, 1.165) is 24.8 Å². The Balaban J connectivity index is 1.22. The summed E-state index contributed by atoms with van der Waals surface area (Å²) in [6.45, 7) is 5.63. The van der Waals surface area contributed by atoms with Crippen LogP contribution in [-0.2, 0) is 53.2 Å². The third-order valence-corrected chi connectivity index (χ3v) is 10.7. The first-order valence-corrected chi connectivity index (χ1v) is 18.7. The molecule has 2 aromatic rings. The van der Waals surface area contributed by atoms with E-state index >= 15 is 0 Å². The number of rotatable bonds is 7. The lowest BCUT2D eigenvalue weighted by atomic mass is 9.90. The van der Waals surface area contributed by atoms with Gasteiger partial charge in [-0.15, -0.1) is 0 Å². The first-order valence-electron chi connectivity index (χ1n) is 18.7. The van der Waals surface area contributed by atoms with E-state index in [2.05, 4.69) is 11.6 Å². The van der Waals surface area contributed by atoms with Crippen molar-refractivity contribution in [2.45, 2.75) is 116 Å². The molecule has 4 unspecified atom stereocenters.